The summed E-state index contributed by atoms with van der Waals surface area (Å²) in [6.07, 6.45) is 0.556. The van der Waals surface area contributed by atoms with Crippen LogP contribution in [0.15, 0.2) is 12.1 Å². The first-order chi connectivity index (χ1) is 7.69. The summed E-state index contributed by atoms with van der Waals surface area (Å²) >= 11 is 5.58. The molecule has 0 aliphatic rings. The highest BCUT2D eigenvalue weighted by atomic mass is 35.5. The van der Waals surface area contributed by atoms with Gasteiger partial charge in [0.05, 0.1) is 0 Å². The summed E-state index contributed by atoms with van der Waals surface area (Å²) < 4.78 is 0. The lowest BCUT2D eigenvalue weighted by molar-refractivity contribution is 0.0747. The topological polar surface area (TPSA) is 66.3 Å². The summed E-state index contributed by atoms with van der Waals surface area (Å²) in [4.78, 5) is 13.5. The lowest BCUT2D eigenvalue weighted by Crippen LogP contribution is -2.32. The molecular weight excluding hydrogens is 230 g/mol. The predicted octanol–water partition coefficient (Wildman–Crippen LogP) is 0.974. The number of hydrogen-bond acceptors (Lipinski definition) is 4. The molecule has 16 heavy (non-hydrogen) atoms. The minimum Gasteiger partial charge on any atom is -0.396 e. The van der Waals surface area contributed by atoms with Crippen LogP contribution in [-0.2, 0) is 0 Å². The lowest BCUT2D eigenvalue weighted by atomic mass is 10.3. The van der Waals surface area contributed by atoms with E-state index >= 15 is 0 Å². The summed E-state index contributed by atoms with van der Waals surface area (Å²) in [5, 5.41) is 16.3. The van der Waals surface area contributed by atoms with Crippen molar-refractivity contribution < 1.29 is 9.90 Å². The molecular formula is C10H14ClN3O2. The zero-order chi connectivity index (χ0) is 12.0. The molecule has 1 heterocycles. The van der Waals surface area contributed by atoms with Gasteiger partial charge in [-0.25, -0.2) is 0 Å². The average Bonchev–Trinajstić information content (AvgIpc) is 2.30. The minimum atomic E-state index is -0.194. The van der Waals surface area contributed by atoms with E-state index in [4.69, 9.17) is 16.7 Å². The Hall–Kier alpha value is -1.20. The van der Waals surface area contributed by atoms with Gasteiger partial charge in [0.15, 0.2) is 10.8 Å². The Morgan fingerprint density at radius 3 is 2.75 bits per heavy atom. The fourth-order valence-corrected chi connectivity index (χ4v) is 1.36. The van der Waals surface area contributed by atoms with Crippen molar-refractivity contribution in [3.63, 3.8) is 0 Å². The van der Waals surface area contributed by atoms with Crippen LogP contribution in [0.25, 0.3) is 0 Å². The van der Waals surface area contributed by atoms with Crippen molar-refractivity contribution in [1.82, 2.24) is 15.1 Å². The second-order valence-electron chi connectivity index (χ2n) is 3.20. The van der Waals surface area contributed by atoms with Crippen molar-refractivity contribution >= 4 is 17.5 Å². The van der Waals surface area contributed by atoms with Crippen LogP contribution < -0.4 is 0 Å². The third-order valence-electron chi connectivity index (χ3n) is 2.11. The maximum absolute atomic E-state index is 11.9. The quantitative estimate of drug-likeness (QED) is 0.837. The van der Waals surface area contributed by atoms with Gasteiger partial charge in [0.25, 0.3) is 5.91 Å². The molecule has 0 unspecified atom stereocenters. The molecule has 6 heteroatoms. The number of nitrogens with zero attached hydrogens (tertiary/aromatic N) is 3. The molecule has 1 N–H and O–H groups in total. The van der Waals surface area contributed by atoms with E-state index in [1.165, 1.54) is 6.07 Å². The number of amides is 1. The Bertz CT molecular complexity index is 342. The molecule has 1 aromatic rings. The van der Waals surface area contributed by atoms with E-state index in [-0.39, 0.29) is 23.4 Å². The fraction of sp³-hybridized carbons (Fsp3) is 0.500. The first-order valence-corrected chi connectivity index (χ1v) is 5.46. The fourth-order valence-electron chi connectivity index (χ4n) is 1.26. The Labute approximate surface area is 99.0 Å². The number of rotatable bonds is 5. The molecule has 1 amide bonds. The van der Waals surface area contributed by atoms with Crippen LogP contribution in [0.5, 0.6) is 0 Å². The Morgan fingerprint density at radius 2 is 2.25 bits per heavy atom. The van der Waals surface area contributed by atoms with E-state index in [1.54, 1.807) is 11.0 Å². The highest BCUT2D eigenvalue weighted by Crippen LogP contribution is 2.05. The van der Waals surface area contributed by atoms with Crippen LogP contribution in [0.2, 0.25) is 5.15 Å². The third kappa shape index (κ3) is 3.43. The molecule has 1 aromatic heterocycles. The number of carbonyl (C=O) groups is 1. The highest BCUT2D eigenvalue weighted by molar-refractivity contribution is 6.29. The van der Waals surface area contributed by atoms with Crippen molar-refractivity contribution in [3.8, 4) is 0 Å². The molecule has 0 fully saturated rings. The zero-order valence-electron chi connectivity index (χ0n) is 9.06. The summed E-state index contributed by atoms with van der Waals surface area (Å²) in [6, 6.07) is 3.07. The van der Waals surface area contributed by atoms with Gasteiger partial charge in [0, 0.05) is 19.7 Å². The van der Waals surface area contributed by atoms with Gasteiger partial charge in [-0.2, -0.15) is 0 Å². The van der Waals surface area contributed by atoms with Gasteiger partial charge in [0.2, 0.25) is 0 Å². The van der Waals surface area contributed by atoms with E-state index < -0.39 is 0 Å². The second kappa shape index (κ2) is 6.40. The van der Waals surface area contributed by atoms with Gasteiger partial charge in [-0.15, -0.1) is 10.2 Å². The van der Waals surface area contributed by atoms with Gasteiger partial charge in [-0.1, -0.05) is 11.6 Å². The van der Waals surface area contributed by atoms with Crippen LogP contribution in [0, 0.1) is 0 Å². The number of halogens is 1. The number of hydrogen-bond donors (Lipinski definition) is 1. The molecule has 0 radical (unpaired) electrons. The van der Waals surface area contributed by atoms with Crippen molar-refractivity contribution in [1.29, 1.82) is 0 Å². The van der Waals surface area contributed by atoms with Gasteiger partial charge in [-0.05, 0) is 25.5 Å². The van der Waals surface area contributed by atoms with Gasteiger partial charge in [0.1, 0.15) is 0 Å². The highest BCUT2D eigenvalue weighted by Gasteiger charge is 2.15. The normalized spacial score (nSPS) is 10.2. The minimum absolute atomic E-state index is 0.0656. The van der Waals surface area contributed by atoms with E-state index in [9.17, 15) is 4.79 Å². The molecule has 88 valence electrons. The molecule has 0 aliphatic carbocycles. The second-order valence-corrected chi connectivity index (χ2v) is 3.59. The van der Waals surface area contributed by atoms with Crippen LogP contribution in [0.4, 0.5) is 0 Å². The van der Waals surface area contributed by atoms with E-state index in [2.05, 4.69) is 10.2 Å². The van der Waals surface area contributed by atoms with Crippen LogP contribution in [0.3, 0.4) is 0 Å². The molecule has 1 rings (SSSR count). The van der Waals surface area contributed by atoms with E-state index in [1.807, 2.05) is 6.92 Å². The Balaban J connectivity index is 2.70. The number of aromatic nitrogens is 2. The maximum Gasteiger partial charge on any atom is 0.274 e. The summed E-state index contributed by atoms with van der Waals surface area (Å²) in [6.45, 7) is 3.02. The predicted molar refractivity (Wildman–Crippen MR) is 60.3 cm³/mol. The summed E-state index contributed by atoms with van der Waals surface area (Å²) in [7, 11) is 0. The molecule has 0 bridgehead atoms. The first-order valence-electron chi connectivity index (χ1n) is 5.08. The van der Waals surface area contributed by atoms with Crippen molar-refractivity contribution in [2.45, 2.75) is 13.3 Å². The van der Waals surface area contributed by atoms with Crippen LogP contribution in [-0.4, -0.2) is 45.8 Å². The van der Waals surface area contributed by atoms with Crippen LogP contribution >= 0.6 is 11.6 Å². The van der Waals surface area contributed by atoms with Gasteiger partial charge < -0.3 is 10.0 Å². The van der Waals surface area contributed by atoms with Crippen molar-refractivity contribution in [3.05, 3.63) is 23.0 Å². The number of aliphatic hydroxyl groups is 1. The van der Waals surface area contributed by atoms with Crippen molar-refractivity contribution in [2.24, 2.45) is 0 Å². The lowest BCUT2D eigenvalue weighted by Gasteiger charge is -2.19. The molecule has 0 aliphatic heterocycles. The monoisotopic (exact) mass is 243 g/mol. The molecule has 0 saturated carbocycles. The standard InChI is InChI=1S/C10H14ClN3O2/c1-2-14(6-3-7-15)10(16)8-4-5-9(11)13-12-8/h4-5,15H,2-3,6-7H2,1H3. The molecule has 0 saturated heterocycles. The molecule has 0 spiro atoms. The largest absolute Gasteiger partial charge is 0.396 e. The third-order valence-corrected chi connectivity index (χ3v) is 2.31. The maximum atomic E-state index is 11.9. The Kier molecular flexibility index (Phi) is 5.14. The van der Waals surface area contributed by atoms with Crippen molar-refractivity contribution in [2.75, 3.05) is 19.7 Å². The van der Waals surface area contributed by atoms with Gasteiger partial charge >= 0.3 is 0 Å². The van der Waals surface area contributed by atoms with Crippen LogP contribution in [0.1, 0.15) is 23.8 Å². The molecule has 5 nitrogen and oxygen atoms in total. The van der Waals surface area contributed by atoms with Gasteiger partial charge in [-0.3, -0.25) is 4.79 Å². The average molecular weight is 244 g/mol. The zero-order valence-corrected chi connectivity index (χ0v) is 9.81. The Morgan fingerprint density at radius 1 is 1.50 bits per heavy atom. The molecule has 0 atom stereocenters. The summed E-state index contributed by atoms with van der Waals surface area (Å²) in [5.74, 6) is -0.194. The van der Waals surface area contributed by atoms with E-state index in [0.717, 1.165) is 0 Å². The SMILES string of the molecule is CCN(CCCO)C(=O)c1ccc(Cl)nn1. The number of carbonyl (C=O) groups excluding carboxylic acids is 1. The van der Waals surface area contributed by atoms with E-state index in [0.29, 0.717) is 19.5 Å². The first kappa shape index (κ1) is 12.9. The smallest absolute Gasteiger partial charge is 0.274 e. The molecule has 0 aromatic carbocycles. The summed E-state index contributed by atoms with van der Waals surface area (Å²) in [5.41, 5.74) is 0.268. The number of aliphatic hydroxyl groups excluding tert-OH is 1.